The quantitative estimate of drug-likeness (QED) is 0.690. The third-order valence-electron chi connectivity index (χ3n) is 2.10. The van der Waals surface area contributed by atoms with Crippen molar-refractivity contribution in [1.29, 1.82) is 0 Å². The molecular weight excluding hydrogens is 320 g/mol. The van der Waals surface area contributed by atoms with Crippen LogP contribution in [0.1, 0.15) is 9.67 Å². The molecular formula is C11H7BrN2O3S. The molecule has 1 aromatic carbocycles. The molecule has 5 nitrogen and oxygen atoms in total. The average Bonchev–Trinajstić information content (AvgIpc) is 2.81. The minimum atomic E-state index is -0.513. The number of nitrogens with zero attached hydrogens (tertiary/aromatic N) is 1. The lowest BCUT2D eigenvalue weighted by Crippen LogP contribution is -2.09. The Balaban J connectivity index is 2.11. The smallest absolute Gasteiger partial charge is 0.321 e. The summed E-state index contributed by atoms with van der Waals surface area (Å²) in [5, 5.41) is 13.1. The summed E-state index contributed by atoms with van der Waals surface area (Å²) in [5.41, 5.74) is 0.638. The molecule has 0 aliphatic heterocycles. The van der Waals surface area contributed by atoms with Gasteiger partial charge in [0.15, 0.2) is 0 Å². The number of anilines is 1. The molecule has 0 atom stereocenters. The van der Waals surface area contributed by atoms with Gasteiger partial charge in [0.05, 0.1) is 9.80 Å². The number of halogens is 1. The lowest BCUT2D eigenvalue weighted by Gasteiger charge is -2.02. The number of nitrogens with one attached hydrogen (secondary N) is 1. The van der Waals surface area contributed by atoms with Crippen LogP contribution in [0.2, 0.25) is 0 Å². The molecule has 0 aliphatic rings. The van der Waals surface area contributed by atoms with E-state index in [0.717, 1.165) is 15.8 Å². The van der Waals surface area contributed by atoms with Crippen molar-refractivity contribution in [3.8, 4) is 0 Å². The van der Waals surface area contributed by atoms with Gasteiger partial charge in [0, 0.05) is 16.2 Å². The van der Waals surface area contributed by atoms with Crippen molar-refractivity contribution in [3.05, 3.63) is 55.9 Å². The summed E-state index contributed by atoms with van der Waals surface area (Å²) in [6.45, 7) is 0. The largest absolute Gasteiger partial charge is 0.324 e. The van der Waals surface area contributed by atoms with E-state index in [1.165, 1.54) is 12.1 Å². The standard InChI is InChI=1S/C11H7BrN2O3S/c12-7-1-3-8(4-2-7)13-11(15)9-5-6-10(18-9)14(16)17/h1-6H,(H,13,15). The van der Waals surface area contributed by atoms with E-state index in [4.69, 9.17) is 0 Å². The zero-order valence-electron chi connectivity index (χ0n) is 8.92. The highest BCUT2D eigenvalue weighted by Gasteiger charge is 2.15. The van der Waals surface area contributed by atoms with E-state index in [9.17, 15) is 14.9 Å². The van der Waals surface area contributed by atoms with Crippen LogP contribution in [-0.2, 0) is 0 Å². The molecule has 1 N–H and O–H groups in total. The lowest BCUT2D eigenvalue weighted by atomic mass is 10.3. The maximum Gasteiger partial charge on any atom is 0.324 e. The van der Waals surface area contributed by atoms with Gasteiger partial charge in [0.2, 0.25) is 0 Å². The van der Waals surface area contributed by atoms with Gasteiger partial charge in [-0.25, -0.2) is 0 Å². The molecule has 0 radical (unpaired) electrons. The van der Waals surface area contributed by atoms with Gasteiger partial charge in [-0.1, -0.05) is 27.3 Å². The molecule has 92 valence electrons. The molecule has 1 aromatic heterocycles. The number of carbonyl (C=O) groups excluding carboxylic acids is 1. The molecule has 0 aliphatic carbocycles. The first-order valence-electron chi connectivity index (χ1n) is 4.87. The summed E-state index contributed by atoms with van der Waals surface area (Å²) in [6, 6.07) is 9.84. The summed E-state index contributed by atoms with van der Waals surface area (Å²) < 4.78 is 0.910. The Bertz CT molecular complexity index is 595. The highest BCUT2D eigenvalue weighted by Crippen LogP contribution is 2.24. The van der Waals surface area contributed by atoms with Crippen molar-refractivity contribution in [3.63, 3.8) is 0 Å². The Kier molecular flexibility index (Phi) is 3.73. The van der Waals surface area contributed by atoms with Gasteiger partial charge in [-0.2, -0.15) is 0 Å². The van der Waals surface area contributed by atoms with E-state index in [1.54, 1.807) is 24.3 Å². The number of benzene rings is 1. The second-order valence-corrected chi connectivity index (χ2v) is 5.33. The van der Waals surface area contributed by atoms with E-state index in [2.05, 4.69) is 21.2 Å². The van der Waals surface area contributed by atoms with Crippen LogP contribution in [0, 0.1) is 10.1 Å². The van der Waals surface area contributed by atoms with Gasteiger partial charge < -0.3 is 5.32 Å². The topological polar surface area (TPSA) is 72.2 Å². The van der Waals surface area contributed by atoms with Gasteiger partial charge >= 0.3 is 5.00 Å². The minimum Gasteiger partial charge on any atom is -0.321 e. The van der Waals surface area contributed by atoms with Crippen molar-refractivity contribution < 1.29 is 9.72 Å². The molecule has 0 saturated carbocycles. The van der Waals surface area contributed by atoms with Crippen LogP contribution < -0.4 is 5.32 Å². The Morgan fingerprint density at radius 2 is 1.89 bits per heavy atom. The van der Waals surface area contributed by atoms with Crippen LogP contribution in [0.25, 0.3) is 0 Å². The van der Waals surface area contributed by atoms with Crippen LogP contribution in [0.4, 0.5) is 10.7 Å². The molecule has 1 amide bonds. The zero-order chi connectivity index (χ0) is 13.1. The van der Waals surface area contributed by atoms with Crippen LogP contribution >= 0.6 is 27.3 Å². The maximum atomic E-state index is 11.8. The number of amides is 1. The molecule has 18 heavy (non-hydrogen) atoms. The zero-order valence-corrected chi connectivity index (χ0v) is 11.3. The Morgan fingerprint density at radius 1 is 1.22 bits per heavy atom. The Morgan fingerprint density at radius 3 is 2.44 bits per heavy atom. The molecule has 0 unspecified atom stereocenters. The van der Waals surface area contributed by atoms with E-state index < -0.39 is 4.92 Å². The van der Waals surface area contributed by atoms with Crippen molar-refractivity contribution >= 4 is 43.9 Å². The Labute approximate surface area is 115 Å². The van der Waals surface area contributed by atoms with Gasteiger partial charge in [-0.05, 0) is 30.3 Å². The summed E-state index contributed by atoms with van der Waals surface area (Å²) in [4.78, 5) is 22.1. The highest BCUT2D eigenvalue weighted by atomic mass is 79.9. The van der Waals surface area contributed by atoms with E-state index in [0.29, 0.717) is 10.6 Å². The highest BCUT2D eigenvalue weighted by molar-refractivity contribution is 9.10. The maximum absolute atomic E-state index is 11.8. The fourth-order valence-corrected chi connectivity index (χ4v) is 2.25. The number of nitro groups is 1. The molecule has 0 saturated heterocycles. The first-order valence-corrected chi connectivity index (χ1v) is 6.48. The summed E-state index contributed by atoms with van der Waals surface area (Å²) in [6.07, 6.45) is 0. The molecule has 7 heteroatoms. The molecule has 2 aromatic rings. The van der Waals surface area contributed by atoms with Crippen LogP contribution in [0.5, 0.6) is 0 Å². The van der Waals surface area contributed by atoms with Gasteiger partial charge in [0.1, 0.15) is 0 Å². The summed E-state index contributed by atoms with van der Waals surface area (Å²) in [7, 11) is 0. The van der Waals surface area contributed by atoms with E-state index in [-0.39, 0.29) is 10.9 Å². The summed E-state index contributed by atoms with van der Waals surface area (Å²) in [5.74, 6) is -0.351. The fraction of sp³-hybridized carbons (Fsp3) is 0. The van der Waals surface area contributed by atoms with Gasteiger partial charge in [0.25, 0.3) is 5.91 Å². The molecule has 0 fully saturated rings. The average molecular weight is 327 g/mol. The van der Waals surface area contributed by atoms with Crippen LogP contribution in [0.3, 0.4) is 0 Å². The number of thiophene rings is 1. The first-order chi connectivity index (χ1) is 8.56. The SMILES string of the molecule is O=C(Nc1ccc(Br)cc1)c1ccc([N+](=O)[O-])s1. The molecule has 1 heterocycles. The second-order valence-electron chi connectivity index (χ2n) is 3.36. The van der Waals surface area contributed by atoms with E-state index in [1.807, 2.05) is 0 Å². The first kappa shape index (κ1) is 12.7. The number of hydrogen-bond donors (Lipinski definition) is 1. The second kappa shape index (κ2) is 5.28. The van der Waals surface area contributed by atoms with Gasteiger partial charge in [-0.3, -0.25) is 14.9 Å². The minimum absolute atomic E-state index is 0.0454. The van der Waals surface area contributed by atoms with Crippen molar-refractivity contribution in [2.45, 2.75) is 0 Å². The predicted octanol–water partition coefficient (Wildman–Crippen LogP) is 3.67. The summed E-state index contributed by atoms with van der Waals surface area (Å²) >= 11 is 4.14. The monoisotopic (exact) mass is 326 g/mol. The number of rotatable bonds is 3. The van der Waals surface area contributed by atoms with Crippen molar-refractivity contribution in [2.75, 3.05) is 5.32 Å². The molecule has 0 bridgehead atoms. The third kappa shape index (κ3) is 2.93. The normalized spacial score (nSPS) is 10.1. The fourth-order valence-electron chi connectivity index (χ4n) is 1.27. The Hall–Kier alpha value is -1.73. The number of carbonyl (C=O) groups is 1. The van der Waals surface area contributed by atoms with Gasteiger partial charge in [-0.15, -0.1) is 0 Å². The lowest BCUT2D eigenvalue weighted by molar-refractivity contribution is -0.380. The van der Waals surface area contributed by atoms with Crippen LogP contribution in [0.15, 0.2) is 40.9 Å². The third-order valence-corrected chi connectivity index (χ3v) is 3.66. The number of hydrogen-bond acceptors (Lipinski definition) is 4. The van der Waals surface area contributed by atoms with E-state index >= 15 is 0 Å². The predicted molar refractivity (Wildman–Crippen MR) is 73.1 cm³/mol. The van der Waals surface area contributed by atoms with Crippen molar-refractivity contribution in [1.82, 2.24) is 0 Å². The molecule has 2 rings (SSSR count). The van der Waals surface area contributed by atoms with Crippen molar-refractivity contribution in [2.24, 2.45) is 0 Å². The molecule has 0 spiro atoms. The van der Waals surface area contributed by atoms with Crippen LogP contribution in [-0.4, -0.2) is 10.8 Å².